The number of hydrogen-bond acceptors (Lipinski definition) is 5. The van der Waals surface area contributed by atoms with Gasteiger partial charge >= 0.3 is 0 Å². The number of sulfonamides is 1. The predicted octanol–water partition coefficient (Wildman–Crippen LogP) is 4.82. The van der Waals surface area contributed by atoms with E-state index in [4.69, 9.17) is 4.74 Å². The van der Waals surface area contributed by atoms with Crippen molar-refractivity contribution in [3.63, 3.8) is 0 Å². The van der Waals surface area contributed by atoms with Gasteiger partial charge in [0.15, 0.2) is 0 Å². The topological polar surface area (TPSA) is 82.4 Å². The Bertz CT molecular complexity index is 1070. The highest BCUT2D eigenvalue weighted by atomic mass is 32.2. The Hall–Kier alpha value is -2.72. The quantitative estimate of drug-likeness (QED) is 0.606. The standard InChI is InChI=1S/C24H29N3O3S/c1-3-13-31(28,29)26-19-9-7-18(8-10-19)24-22(15-25)21-12-11-20(30-4-2)14-23(21)27(24)16-17-5-6-17/h7-12,14,17,22,24,26H,3-6,13,16H2,1-2H3. The van der Waals surface area contributed by atoms with Crippen molar-refractivity contribution < 1.29 is 13.2 Å². The molecule has 2 aliphatic rings. The van der Waals surface area contributed by atoms with Crippen LogP contribution in [0.15, 0.2) is 42.5 Å². The van der Waals surface area contributed by atoms with Gasteiger partial charge in [-0.1, -0.05) is 25.1 Å². The first-order valence-electron chi connectivity index (χ1n) is 11.0. The van der Waals surface area contributed by atoms with Crippen LogP contribution in [0.4, 0.5) is 11.4 Å². The lowest BCUT2D eigenvalue weighted by Crippen LogP contribution is -2.28. The SMILES string of the molecule is CCCS(=O)(=O)Nc1ccc(C2C(C#N)c3ccc(OCC)cc3N2CC2CC2)cc1. The number of nitrogens with zero attached hydrogens (tertiary/aromatic N) is 2. The summed E-state index contributed by atoms with van der Waals surface area (Å²) in [6, 6.07) is 15.9. The Morgan fingerprint density at radius 3 is 2.52 bits per heavy atom. The lowest BCUT2D eigenvalue weighted by molar-refractivity contribution is 0.340. The summed E-state index contributed by atoms with van der Waals surface area (Å²) in [5, 5.41) is 10.1. The number of nitrogens with one attached hydrogen (secondary N) is 1. The molecule has 7 heteroatoms. The van der Waals surface area contributed by atoms with Gasteiger partial charge in [0.1, 0.15) is 5.75 Å². The van der Waals surface area contributed by atoms with Crippen LogP contribution in [0.3, 0.4) is 0 Å². The van der Waals surface area contributed by atoms with Crippen LogP contribution >= 0.6 is 0 Å². The summed E-state index contributed by atoms with van der Waals surface area (Å²) in [5.74, 6) is 1.29. The normalized spacial score (nSPS) is 20.2. The van der Waals surface area contributed by atoms with Crippen LogP contribution in [0.5, 0.6) is 5.75 Å². The third-order valence-electron chi connectivity index (χ3n) is 5.90. The fourth-order valence-corrected chi connectivity index (χ4v) is 5.48. The molecule has 0 radical (unpaired) electrons. The highest BCUT2D eigenvalue weighted by Gasteiger charge is 2.42. The summed E-state index contributed by atoms with van der Waals surface area (Å²) in [5.41, 5.74) is 3.67. The monoisotopic (exact) mass is 439 g/mol. The van der Waals surface area contributed by atoms with E-state index in [0.717, 1.165) is 29.1 Å². The highest BCUT2D eigenvalue weighted by molar-refractivity contribution is 7.92. The fourth-order valence-electron chi connectivity index (χ4n) is 4.34. The van der Waals surface area contributed by atoms with Crippen LogP contribution in [-0.4, -0.2) is 27.3 Å². The van der Waals surface area contributed by atoms with E-state index < -0.39 is 10.0 Å². The van der Waals surface area contributed by atoms with Crippen molar-refractivity contribution >= 4 is 21.4 Å². The summed E-state index contributed by atoms with van der Waals surface area (Å²) < 4.78 is 32.5. The molecular formula is C24H29N3O3S. The van der Waals surface area contributed by atoms with Gasteiger partial charge in [-0.15, -0.1) is 0 Å². The van der Waals surface area contributed by atoms with Crippen molar-refractivity contribution in [2.75, 3.05) is 28.5 Å². The van der Waals surface area contributed by atoms with Crippen molar-refractivity contribution in [1.29, 1.82) is 5.26 Å². The summed E-state index contributed by atoms with van der Waals surface area (Å²) >= 11 is 0. The number of ether oxygens (including phenoxy) is 1. The number of hydrogen-bond donors (Lipinski definition) is 1. The third-order valence-corrected chi connectivity index (χ3v) is 7.39. The summed E-state index contributed by atoms with van der Waals surface area (Å²) in [6.45, 7) is 5.32. The summed E-state index contributed by atoms with van der Waals surface area (Å²) in [7, 11) is -3.33. The Kier molecular flexibility index (Phi) is 6.10. The molecule has 0 spiro atoms. The van der Waals surface area contributed by atoms with Gasteiger partial charge in [0.05, 0.1) is 30.4 Å². The van der Waals surface area contributed by atoms with Crippen molar-refractivity contribution in [2.24, 2.45) is 5.92 Å². The zero-order valence-corrected chi connectivity index (χ0v) is 18.9. The number of nitriles is 1. The molecule has 2 unspecified atom stereocenters. The van der Waals surface area contributed by atoms with E-state index in [2.05, 4.69) is 21.8 Å². The van der Waals surface area contributed by atoms with Gasteiger partial charge in [0.25, 0.3) is 0 Å². The molecule has 1 aliphatic heterocycles. The Morgan fingerprint density at radius 2 is 1.90 bits per heavy atom. The molecule has 1 saturated carbocycles. The van der Waals surface area contributed by atoms with Crippen LogP contribution in [0.25, 0.3) is 0 Å². The smallest absolute Gasteiger partial charge is 0.232 e. The molecule has 0 bridgehead atoms. The minimum absolute atomic E-state index is 0.0977. The Morgan fingerprint density at radius 1 is 1.16 bits per heavy atom. The van der Waals surface area contributed by atoms with Crippen molar-refractivity contribution in [3.8, 4) is 11.8 Å². The summed E-state index contributed by atoms with van der Waals surface area (Å²) in [4.78, 5) is 2.35. The van der Waals surface area contributed by atoms with Crippen molar-refractivity contribution in [1.82, 2.24) is 0 Å². The number of rotatable bonds is 9. The van der Waals surface area contributed by atoms with Gasteiger partial charge < -0.3 is 9.64 Å². The fraction of sp³-hybridized carbons (Fsp3) is 0.458. The average molecular weight is 440 g/mol. The van der Waals surface area contributed by atoms with E-state index in [9.17, 15) is 13.7 Å². The maximum Gasteiger partial charge on any atom is 0.232 e. The van der Waals surface area contributed by atoms with Gasteiger partial charge in [-0.2, -0.15) is 5.26 Å². The predicted molar refractivity (Wildman–Crippen MR) is 123 cm³/mol. The molecule has 4 rings (SSSR count). The summed E-state index contributed by atoms with van der Waals surface area (Å²) in [6.07, 6.45) is 3.01. The molecule has 0 amide bonds. The minimum atomic E-state index is -3.33. The van der Waals surface area contributed by atoms with E-state index in [-0.39, 0.29) is 17.7 Å². The number of benzene rings is 2. The zero-order valence-electron chi connectivity index (χ0n) is 18.0. The van der Waals surface area contributed by atoms with Gasteiger partial charge in [-0.3, -0.25) is 4.72 Å². The molecule has 164 valence electrons. The molecule has 0 saturated heterocycles. The molecule has 2 aromatic carbocycles. The van der Waals surface area contributed by atoms with E-state index in [1.807, 2.05) is 38.1 Å². The molecule has 2 atom stereocenters. The number of fused-ring (bicyclic) bond motifs is 1. The van der Waals surface area contributed by atoms with Gasteiger partial charge in [-0.05, 0) is 61.4 Å². The molecule has 1 N–H and O–H groups in total. The first kappa shape index (κ1) is 21.5. The van der Waals surface area contributed by atoms with Crippen LogP contribution in [0, 0.1) is 17.2 Å². The lowest BCUT2D eigenvalue weighted by atomic mass is 9.91. The van der Waals surface area contributed by atoms with Crippen molar-refractivity contribution in [3.05, 3.63) is 53.6 Å². The molecule has 0 aromatic heterocycles. The average Bonchev–Trinajstić information content (AvgIpc) is 3.50. The van der Waals surface area contributed by atoms with E-state index in [0.29, 0.717) is 24.6 Å². The van der Waals surface area contributed by atoms with Crippen LogP contribution in [0.1, 0.15) is 56.2 Å². The second kappa shape index (κ2) is 8.80. The largest absolute Gasteiger partial charge is 0.494 e. The molecular weight excluding hydrogens is 410 g/mol. The second-order valence-electron chi connectivity index (χ2n) is 8.34. The Balaban J connectivity index is 1.66. The van der Waals surface area contributed by atoms with Crippen LogP contribution in [0.2, 0.25) is 0 Å². The van der Waals surface area contributed by atoms with Gasteiger partial charge in [-0.25, -0.2) is 8.42 Å². The minimum Gasteiger partial charge on any atom is -0.494 e. The molecule has 31 heavy (non-hydrogen) atoms. The van der Waals surface area contributed by atoms with Gasteiger partial charge in [0, 0.05) is 24.0 Å². The lowest BCUT2D eigenvalue weighted by Gasteiger charge is -2.29. The first-order valence-corrected chi connectivity index (χ1v) is 12.6. The molecule has 6 nitrogen and oxygen atoms in total. The van der Waals surface area contributed by atoms with Crippen LogP contribution < -0.4 is 14.4 Å². The van der Waals surface area contributed by atoms with Gasteiger partial charge in [0.2, 0.25) is 10.0 Å². The number of anilines is 2. The second-order valence-corrected chi connectivity index (χ2v) is 10.2. The third kappa shape index (κ3) is 4.64. The molecule has 1 heterocycles. The van der Waals surface area contributed by atoms with E-state index >= 15 is 0 Å². The van der Waals surface area contributed by atoms with Crippen LogP contribution in [-0.2, 0) is 10.0 Å². The highest BCUT2D eigenvalue weighted by Crippen LogP contribution is 2.51. The molecule has 1 aliphatic carbocycles. The zero-order chi connectivity index (χ0) is 22.0. The molecule has 2 aromatic rings. The van der Waals surface area contributed by atoms with E-state index in [1.54, 1.807) is 12.1 Å². The van der Waals surface area contributed by atoms with E-state index in [1.165, 1.54) is 12.8 Å². The molecule has 1 fully saturated rings. The maximum atomic E-state index is 12.1. The maximum absolute atomic E-state index is 12.1. The van der Waals surface area contributed by atoms with Crippen molar-refractivity contribution in [2.45, 2.75) is 45.1 Å². The first-order chi connectivity index (χ1) is 15.0. The Labute approximate surface area is 184 Å².